The number of amides is 1. The van der Waals surface area contributed by atoms with Gasteiger partial charge in [-0.25, -0.2) is 0 Å². The van der Waals surface area contributed by atoms with Crippen molar-refractivity contribution in [3.63, 3.8) is 0 Å². The van der Waals surface area contributed by atoms with Crippen LogP contribution in [0.5, 0.6) is 0 Å². The van der Waals surface area contributed by atoms with Crippen molar-refractivity contribution in [3.05, 3.63) is 68.8 Å². The zero-order chi connectivity index (χ0) is 20.9. The van der Waals surface area contributed by atoms with E-state index in [1.165, 1.54) is 6.07 Å². The van der Waals surface area contributed by atoms with Gasteiger partial charge in [-0.2, -0.15) is 0 Å². The fraction of sp³-hybridized carbons (Fsp3) is 0.435. The molecule has 28 heavy (non-hydrogen) atoms. The number of anilines is 1. The Kier molecular flexibility index (Phi) is 4.82. The van der Waals surface area contributed by atoms with E-state index >= 15 is 0 Å². The van der Waals surface area contributed by atoms with Crippen LogP contribution in [-0.2, 0) is 17.3 Å². The molecule has 0 radical (unpaired) electrons. The van der Waals surface area contributed by atoms with Gasteiger partial charge in [0.15, 0.2) is 0 Å². The molecule has 0 saturated carbocycles. The number of carbonyl (C=O) groups excluding carboxylic acids is 1. The maximum atomic E-state index is 13.4. The minimum absolute atomic E-state index is 0.0517. The average Bonchev–Trinajstić information content (AvgIpc) is 3.02. The first-order valence-corrected chi connectivity index (χ1v) is 9.63. The topological polar surface area (TPSA) is 63.5 Å². The number of hydrogen-bond donors (Lipinski definition) is 0. The smallest absolute Gasteiger partial charge is 0.269 e. The van der Waals surface area contributed by atoms with E-state index in [-0.39, 0.29) is 22.4 Å². The van der Waals surface area contributed by atoms with Gasteiger partial charge >= 0.3 is 0 Å². The van der Waals surface area contributed by atoms with Crippen LogP contribution in [0.2, 0.25) is 0 Å². The van der Waals surface area contributed by atoms with Gasteiger partial charge in [-0.1, -0.05) is 47.6 Å². The molecule has 0 bridgehead atoms. The molecule has 2 aromatic carbocycles. The summed E-state index contributed by atoms with van der Waals surface area (Å²) in [6.45, 7) is 13.4. The highest BCUT2D eigenvalue weighted by molar-refractivity contribution is 6.07. The highest BCUT2D eigenvalue weighted by Crippen LogP contribution is 2.34. The second-order valence-electron chi connectivity index (χ2n) is 9.58. The molecule has 5 nitrogen and oxygen atoms in total. The lowest BCUT2D eigenvalue weighted by Gasteiger charge is -2.27. The molecule has 0 aliphatic carbocycles. The van der Waals surface area contributed by atoms with Gasteiger partial charge in [-0.05, 0) is 52.1 Å². The zero-order valence-corrected chi connectivity index (χ0v) is 17.5. The first kappa shape index (κ1) is 20.1. The molecule has 0 spiro atoms. The highest BCUT2D eigenvalue weighted by Gasteiger charge is 2.29. The van der Waals surface area contributed by atoms with Gasteiger partial charge in [0.1, 0.15) is 0 Å². The Labute approximate surface area is 166 Å². The third-order valence-corrected chi connectivity index (χ3v) is 5.33. The van der Waals surface area contributed by atoms with Gasteiger partial charge in [0.25, 0.3) is 11.6 Å². The Morgan fingerprint density at radius 1 is 0.964 bits per heavy atom. The first-order chi connectivity index (χ1) is 12.9. The molecule has 0 saturated heterocycles. The molecule has 0 N–H and O–H groups in total. The van der Waals surface area contributed by atoms with Crippen LogP contribution in [0.1, 0.15) is 68.6 Å². The molecule has 0 fully saturated rings. The summed E-state index contributed by atoms with van der Waals surface area (Å²) in [5.74, 6) is -0.0517. The molecule has 1 heterocycles. The van der Waals surface area contributed by atoms with Crippen molar-refractivity contribution in [2.24, 2.45) is 0 Å². The molecule has 1 aliphatic heterocycles. The van der Waals surface area contributed by atoms with Gasteiger partial charge in [-0.3, -0.25) is 14.9 Å². The molecule has 0 unspecified atom stereocenters. The number of rotatable bonds is 2. The van der Waals surface area contributed by atoms with E-state index in [2.05, 4.69) is 47.6 Å². The second kappa shape index (κ2) is 6.73. The van der Waals surface area contributed by atoms with Crippen LogP contribution in [0.3, 0.4) is 0 Å². The van der Waals surface area contributed by atoms with Crippen LogP contribution in [0.15, 0.2) is 36.4 Å². The van der Waals surface area contributed by atoms with Crippen LogP contribution in [0, 0.1) is 10.1 Å². The fourth-order valence-electron chi connectivity index (χ4n) is 3.49. The zero-order valence-electron chi connectivity index (χ0n) is 17.5. The number of fused-ring (bicyclic) bond motifs is 1. The van der Waals surface area contributed by atoms with E-state index in [1.807, 2.05) is 12.1 Å². The predicted octanol–water partition coefficient (Wildman–Crippen LogP) is 5.39. The van der Waals surface area contributed by atoms with Crippen LogP contribution in [-0.4, -0.2) is 17.4 Å². The summed E-state index contributed by atoms with van der Waals surface area (Å²) < 4.78 is 0. The molecule has 2 aromatic rings. The number of carbonyl (C=O) groups is 1. The second-order valence-corrected chi connectivity index (χ2v) is 9.58. The lowest BCUT2D eigenvalue weighted by Crippen LogP contribution is -2.30. The molecular formula is C23H28N2O3. The van der Waals surface area contributed by atoms with Crippen molar-refractivity contribution in [1.82, 2.24) is 0 Å². The third-order valence-electron chi connectivity index (χ3n) is 5.33. The van der Waals surface area contributed by atoms with E-state index in [1.54, 1.807) is 17.0 Å². The predicted molar refractivity (Wildman–Crippen MR) is 112 cm³/mol. The first-order valence-electron chi connectivity index (χ1n) is 9.63. The van der Waals surface area contributed by atoms with Crippen LogP contribution in [0.25, 0.3) is 0 Å². The van der Waals surface area contributed by atoms with Crippen LogP contribution >= 0.6 is 0 Å². The summed E-state index contributed by atoms with van der Waals surface area (Å²) in [5, 5.41) is 11.0. The van der Waals surface area contributed by atoms with E-state index in [9.17, 15) is 14.9 Å². The number of hydrogen-bond acceptors (Lipinski definition) is 3. The Morgan fingerprint density at radius 2 is 1.54 bits per heavy atom. The SMILES string of the molecule is CC(C)(C)c1cc(C(=O)N2CCc3cc([N+](=O)[O-])ccc32)cc(C(C)(C)C)c1. The minimum atomic E-state index is -0.396. The normalized spacial score (nSPS) is 14.1. The molecule has 0 aromatic heterocycles. The largest absolute Gasteiger partial charge is 0.308 e. The quantitative estimate of drug-likeness (QED) is 0.518. The number of nitro groups is 1. The van der Waals surface area contributed by atoms with Gasteiger partial charge in [0.2, 0.25) is 0 Å². The van der Waals surface area contributed by atoms with Crippen LogP contribution < -0.4 is 4.90 Å². The summed E-state index contributed by atoms with van der Waals surface area (Å²) in [4.78, 5) is 25.8. The monoisotopic (exact) mass is 380 g/mol. The van der Waals surface area contributed by atoms with E-state index in [0.717, 1.165) is 22.4 Å². The Balaban J connectivity index is 2.04. The average molecular weight is 380 g/mol. The summed E-state index contributed by atoms with van der Waals surface area (Å²) >= 11 is 0. The van der Waals surface area contributed by atoms with E-state index < -0.39 is 4.92 Å². The van der Waals surface area contributed by atoms with Crippen molar-refractivity contribution in [1.29, 1.82) is 0 Å². The van der Waals surface area contributed by atoms with Gasteiger partial charge in [-0.15, -0.1) is 0 Å². The number of non-ortho nitro benzene ring substituents is 1. The summed E-state index contributed by atoms with van der Waals surface area (Å²) in [5.41, 5.74) is 4.48. The minimum Gasteiger partial charge on any atom is -0.308 e. The Hall–Kier alpha value is -2.69. The van der Waals surface area contributed by atoms with E-state index in [4.69, 9.17) is 0 Å². The molecule has 0 atom stereocenters. The highest BCUT2D eigenvalue weighted by atomic mass is 16.6. The van der Waals surface area contributed by atoms with Crippen molar-refractivity contribution in [2.45, 2.75) is 58.8 Å². The molecule has 3 rings (SSSR count). The number of nitro benzene ring substituents is 1. The summed E-state index contributed by atoms with van der Waals surface area (Å²) in [7, 11) is 0. The standard InChI is InChI=1S/C23H28N2O3/c1-22(2,3)17-11-16(12-18(14-17)23(4,5)6)21(26)24-10-9-15-13-19(25(27)28)7-8-20(15)24/h7-8,11-14H,9-10H2,1-6H3. The van der Waals surface area contributed by atoms with Crippen molar-refractivity contribution >= 4 is 17.3 Å². The summed E-state index contributed by atoms with van der Waals surface area (Å²) in [6, 6.07) is 10.9. The maximum absolute atomic E-state index is 13.4. The summed E-state index contributed by atoms with van der Waals surface area (Å²) in [6.07, 6.45) is 0.633. The van der Waals surface area contributed by atoms with Gasteiger partial charge in [0, 0.05) is 29.9 Å². The third kappa shape index (κ3) is 3.79. The lowest BCUT2D eigenvalue weighted by molar-refractivity contribution is -0.384. The number of nitrogens with zero attached hydrogens (tertiary/aromatic N) is 2. The molecular weight excluding hydrogens is 352 g/mol. The fourth-order valence-corrected chi connectivity index (χ4v) is 3.49. The number of benzene rings is 2. The molecule has 148 valence electrons. The Morgan fingerprint density at radius 3 is 2.04 bits per heavy atom. The molecule has 1 amide bonds. The maximum Gasteiger partial charge on any atom is 0.269 e. The van der Waals surface area contributed by atoms with Gasteiger partial charge < -0.3 is 4.90 Å². The van der Waals surface area contributed by atoms with Crippen molar-refractivity contribution in [2.75, 3.05) is 11.4 Å². The van der Waals surface area contributed by atoms with Crippen molar-refractivity contribution in [3.8, 4) is 0 Å². The Bertz CT molecular complexity index is 917. The molecule has 1 aliphatic rings. The van der Waals surface area contributed by atoms with Crippen LogP contribution in [0.4, 0.5) is 11.4 Å². The van der Waals surface area contributed by atoms with Gasteiger partial charge in [0.05, 0.1) is 4.92 Å². The van der Waals surface area contributed by atoms with Crippen molar-refractivity contribution < 1.29 is 9.72 Å². The van der Waals surface area contributed by atoms with E-state index in [0.29, 0.717) is 18.5 Å². The molecule has 5 heteroatoms. The lowest BCUT2D eigenvalue weighted by atomic mass is 9.79.